The molecule has 2 heterocycles. The number of fused-ring (bicyclic) bond motifs is 1. The highest BCUT2D eigenvalue weighted by molar-refractivity contribution is 5.97. The third-order valence-corrected chi connectivity index (χ3v) is 6.87. The van der Waals surface area contributed by atoms with Crippen molar-refractivity contribution in [3.05, 3.63) is 101 Å². The van der Waals surface area contributed by atoms with Crippen LogP contribution in [-0.2, 0) is 4.79 Å². The van der Waals surface area contributed by atoms with Gasteiger partial charge in [0.25, 0.3) is 5.91 Å². The lowest BCUT2D eigenvalue weighted by Gasteiger charge is -2.58. The number of hydrogen-bond donors (Lipinski definition) is 1. The molecular formula is C29H25FN2O4. The fraction of sp³-hybridized carbons (Fsp3) is 0.241. The van der Waals surface area contributed by atoms with Crippen LogP contribution in [-0.4, -0.2) is 65.6 Å². The molecule has 2 amide bonds. The maximum absolute atomic E-state index is 13.3. The minimum atomic E-state index is -0.422. The zero-order chi connectivity index (χ0) is 25.2. The van der Waals surface area contributed by atoms with Crippen LogP contribution in [0.4, 0.5) is 4.39 Å². The van der Waals surface area contributed by atoms with E-state index in [0.717, 1.165) is 22.4 Å². The topological polar surface area (TPSA) is 70.1 Å². The van der Waals surface area contributed by atoms with Crippen LogP contribution < -0.4 is 4.74 Å². The van der Waals surface area contributed by atoms with Crippen molar-refractivity contribution in [3.8, 4) is 17.6 Å². The largest absolute Gasteiger partial charge is 0.497 e. The quantitative estimate of drug-likeness (QED) is 0.578. The molecule has 5 rings (SSSR count). The summed E-state index contributed by atoms with van der Waals surface area (Å²) < 4.78 is 18.4. The lowest BCUT2D eigenvalue weighted by Crippen LogP contribution is -2.73. The fourth-order valence-electron chi connectivity index (χ4n) is 5.04. The number of rotatable bonds is 4. The molecule has 2 aliphatic heterocycles. The first-order valence-electron chi connectivity index (χ1n) is 11.7. The van der Waals surface area contributed by atoms with Crippen molar-refractivity contribution in [2.75, 3.05) is 26.8 Å². The molecule has 2 saturated heterocycles. The molecule has 7 heteroatoms. The summed E-state index contributed by atoms with van der Waals surface area (Å²) in [6.07, 6.45) is 0. The number of amides is 2. The Kier molecular flexibility index (Phi) is 6.45. The molecule has 0 spiro atoms. The standard InChI is InChI=1S/C29H25FN2O4/c1-36-24-14-6-20(7-15-24)3-2-19-4-8-21(9-5-19)28-25-16-31(17-27(34)32(25)26(28)18-33)29(35)22-10-12-23(30)13-11-22/h4-15,25-26,28,33H,16-18H2,1H3/t25-,26+,28-/m0/s1. The van der Waals surface area contributed by atoms with Crippen LogP contribution in [0.2, 0.25) is 0 Å². The number of hydrogen-bond acceptors (Lipinski definition) is 4. The van der Waals surface area contributed by atoms with Gasteiger partial charge in [0.1, 0.15) is 18.1 Å². The van der Waals surface area contributed by atoms with Crippen molar-refractivity contribution in [2.45, 2.75) is 18.0 Å². The number of aliphatic hydroxyl groups is 1. The molecule has 3 aromatic carbocycles. The summed E-state index contributed by atoms with van der Waals surface area (Å²) >= 11 is 0. The number of benzene rings is 3. The van der Waals surface area contributed by atoms with E-state index in [9.17, 15) is 19.1 Å². The Balaban J connectivity index is 1.32. The molecule has 1 N–H and O–H groups in total. The van der Waals surface area contributed by atoms with E-state index in [1.165, 1.54) is 29.2 Å². The Morgan fingerprint density at radius 2 is 1.61 bits per heavy atom. The number of aliphatic hydroxyl groups excluding tert-OH is 1. The first-order chi connectivity index (χ1) is 17.5. The lowest BCUT2D eigenvalue weighted by atomic mass is 9.73. The summed E-state index contributed by atoms with van der Waals surface area (Å²) in [7, 11) is 1.62. The van der Waals surface area contributed by atoms with Crippen molar-refractivity contribution >= 4 is 11.8 Å². The van der Waals surface area contributed by atoms with Crippen molar-refractivity contribution in [2.24, 2.45) is 0 Å². The predicted molar refractivity (Wildman–Crippen MR) is 132 cm³/mol. The van der Waals surface area contributed by atoms with Crippen LogP contribution in [0.3, 0.4) is 0 Å². The Labute approximate surface area is 208 Å². The minimum absolute atomic E-state index is 0.0597. The third-order valence-electron chi connectivity index (χ3n) is 6.87. The molecule has 0 saturated carbocycles. The van der Waals surface area contributed by atoms with Crippen LogP contribution in [0.25, 0.3) is 0 Å². The van der Waals surface area contributed by atoms with Gasteiger partial charge in [0.2, 0.25) is 5.91 Å². The van der Waals surface area contributed by atoms with Crippen LogP contribution in [0, 0.1) is 17.7 Å². The Bertz CT molecular complexity index is 1330. The first-order valence-corrected chi connectivity index (χ1v) is 11.7. The Morgan fingerprint density at radius 3 is 2.19 bits per heavy atom. The normalized spacial score (nSPS) is 20.6. The molecule has 6 nitrogen and oxygen atoms in total. The van der Waals surface area contributed by atoms with Crippen LogP contribution in [0.15, 0.2) is 72.8 Å². The summed E-state index contributed by atoms with van der Waals surface area (Å²) in [5.74, 6) is 6.03. The van der Waals surface area contributed by atoms with E-state index in [1.807, 2.05) is 48.5 Å². The van der Waals surface area contributed by atoms with Gasteiger partial charge < -0.3 is 19.6 Å². The zero-order valence-corrected chi connectivity index (χ0v) is 19.7. The number of nitrogens with zero attached hydrogens (tertiary/aromatic N) is 2. The summed E-state index contributed by atoms with van der Waals surface area (Å²) in [6, 6.07) is 20.1. The van der Waals surface area contributed by atoms with E-state index in [4.69, 9.17) is 4.74 Å². The van der Waals surface area contributed by atoms with Gasteiger partial charge in [-0.2, -0.15) is 0 Å². The third kappa shape index (κ3) is 4.43. The Morgan fingerprint density at radius 1 is 1.00 bits per heavy atom. The van der Waals surface area contributed by atoms with E-state index < -0.39 is 5.82 Å². The number of piperazine rings is 1. The summed E-state index contributed by atoms with van der Waals surface area (Å²) in [6.45, 7) is 0.135. The van der Waals surface area contributed by atoms with Gasteiger partial charge >= 0.3 is 0 Å². The number of ether oxygens (including phenoxy) is 1. The first kappa shape index (κ1) is 23.6. The fourth-order valence-corrected chi connectivity index (χ4v) is 5.04. The SMILES string of the molecule is COc1ccc(C#Cc2ccc([C@@H]3[C@@H](CO)N4C(=O)CN(C(=O)c5ccc(F)cc5)C[C@@H]34)cc2)cc1. The number of carbonyl (C=O) groups is 2. The average molecular weight is 485 g/mol. The highest BCUT2D eigenvalue weighted by atomic mass is 19.1. The van der Waals surface area contributed by atoms with Crippen molar-refractivity contribution in [1.29, 1.82) is 0 Å². The van der Waals surface area contributed by atoms with E-state index in [0.29, 0.717) is 12.1 Å². The van der Waals surface area contributed by atoms with E-state index >= 15 is 0 Å². The Hall–Kier alpha value is -4.15. The van der Waals surface area contributed by atoms with E-state index in [2.05, 4.69) is 11.8 Å². The second kappa shape index (κ2) is 9.84. The van der Waals surface area contributed by atoms with Gasteiger partial charge in [-0.25, -0.2) is 4.39 Å². The molecule has 0 aromatic heterocycles. The predicted octanol–water partition coefficient (Wildman–Crippen LogP) is 3.05. The van der Waals surface area contributed by atoms with E-state index in [-0.39, 0.29) is 43.0 Å². The van der Waals surface area contributed by atoms with Gasteiger partial charge in [-0.3, -0.25) is 9.59 Å². The van der Waals surface area contributed by atoms with Crippen molar-refractivity contribution < 1.29 is 23.8 Å². The highest BCUT2D eigenvalue weighted by Gasteiger charge is 2.54. The smallest absolute Gasteiger partial charge is 0.254 e. The van der Waals surface area contributed by atoms with Crippen LogP contribution >= 0.6 is 0 Å². The zero-order valence-electron chi connectivity index (χ0n) is 19.7. The molecule has 3 atom stereocenters. The minimum Gasteiger partial charge on any atom is -0.497 e. The maximum atomic E-state index is 13.3. The summed E-state index contributed by atoms with van der Waals surface area (Å²) in [5.41, 5.74) is 3.04. The summed E-state index contributed by atoms with van der Waals surface area (Å²) in [4.78, 5) is 29.0. The highest BCUT2D eigenvalue weighted by Crippen LogP contribution is 2.43. The number of halogens is 1. The molecule has 3 aromatic rings. The molecule has 0 aliphatic carbocycles. The molecule has 0 unspecified atom stereocenters. The van der Waals surface area contributed by atoms with E-state index in [1.54, 1.807) is 12.0 Å². The van der Waals surface area contributed by atoms with Gasteiger partial charge in [0, 0.05) is 29.2 Å². The molecule has 2 aliphatic rings. The number of carbonyl (C=O) groups excluding carboxylic acids is 2. The average Bonchev–Trinajstić information content (AvgIpc) is 2.89. The molecular weight excluding hydrogens is 459 g/mol. The molecule has 2 fully saturated rings. The van der Waals surface area contributed by atoms with Gasteiger partial charge in [0.05, 0.1) is 25.8 Å². The second-order valence-corrected chi connectivity index (χ2v) is 8.94. The maximum Gasteiger partial charge on any atom is 0.254 e. The monoisotopic (exact) mass is 484 g/mol. The van der Waals surface area contributed by atoms with Gasteiger partial charge in [-0.15, -0.1) is 0 Å². The van der Waals surface area contributed by atoms with Gasteiger partial charge in [-0.1, -0.05) is 24.0 Å². The number of methoxy groups -OCH3 is 1. The second-order valence-electron chi connectivity index (χ2n) is 8.94. The molecule has 36 heavy (non-hydrogen) atoms. The van der Waals surface area contributed by atoms with Crippen LogP contribution in [0.1, 0.15) is 33.0 Å². The van der Waals surface area contributed by atoms with Crippen molar-refractivity contribution in [1.82, 2.24) is 9.80 Å². The lowest BCUT2D eigenvalue weighted by molar-refractivity contribution is -0.159. The van der Waals surface area contributed by atoms with Crippen LogP contribution in [0.5, 0.6) is 5.75 Å². The van der Waals surface area contributed by atoms with Crippen molar-refractivity contribution in [3.63, 3.8) is 0 Å². The molecule has 182 valence electrons. The molecule has 0 radical (unpaired) electrons. The summed E-state index contributed by atoms with van der Waals surface area (Å²) in [5, 5.41) is 10.0. The van der Waals surface area contributed by atoms with Gasteiger partial charge in [0.15, 0.2) is 0 Å². The molecule has 0 bridgehead atoms. The van der Waals surface area contributed by atoms with Gasteiger partial charge in [-0.05, 0) is 66.2 Å².